The number of carbonyl (C=O) groups is 2. The van der Waals surface area contributed by atoms with E-state index in [-0.39, 0.29) is 52.5 Å². The second-order valence-electron chi connectivity index (χ2n) is 13.5. The summed E-state index contributed by atoms with van der Waals surface area (Å²) < 4.78 is 18.9. The van der Waals surface area contributed by atoms with Gasteiger partial charge in [-0.25, -0.2) is 4.79 Å². The number of aliphatic carboxylic acids is 2. The molecule has 8 nitrogen and oxygen atoms in total. The first-order valence-corrected chi connectivity index (χ1v) is 25.7. The van der Waals surface area contributed by atoms with E-state index in [2.05, 4.69) is 115 Å². The maximum Gasteiger partial charge on any atom is 3.00 e. The average Bonchev–Trinajstić information content (AvgIpc) is 3.19. The van der Waals surface area contributed by atoms with Crippen LogP contribution in [0.3, 0.4) is 0 Å². The maximum atomic E-state index is 9.45. The summed E-state index contributed by atoms with van der Waals surface area (Å²) >= 11 is 3.80. The summed E-state index contributed by atoms with van der Waals surface area (Å²) in [6.07, 6.45) is 21.6. The Labute approximate surface area is 399 Å². The number of carboxylic acid groups (broad SMARTS) is 2. The van der Waals surface area contributed by atoms with Crippen LogP contribution in [-0.2, 0) is 46.0 Å². The number of nitrogens with zero attached hydrogens (tertiary/aromatic N) is 2. The predicted octanol–water partition coefficient (Wildman–Crippen LogP) is 9.29. The van der Waals surface area contributed by atoms with E-state index < -0.39 is 20.7 Å². The van der Waals surface area contributed by atoms with Crippen molar-refractivity contribution in [3.8, 4) is 0 Å². The summed E-state index contributed by atoms with van der Waals surface area (Å²) in [7, 11) is 5.67. The first-order chi connectivity index (χ1) is 26.3. The molecular weight excluding hydrogens is 841 g/mol. The normalized spacial score (nSPS) is 14.3. The van der Waals surface area contributed by atoms with Gasteiger partial charge in [-0.15, -0.1) is 7.92 Å². The molecule has 1 aromatic rings. The molecule has 0 bridgehead atoms. The SMILES string of the molecule is C=CC(=O)O.CC.CC.CC.CCC(C)c1ccc(C)cc1.CCCP(C1CCCCC1)C1CCCCC1.CN(C)CCN(C)C.CS(=O)([O-])=S.[CH2-]CC(=O)O.[Na+].[Ni+3]. The Hall–Kier alpha value is 0.0735. The Balaban J connectivity index is -0.0000000882. The quantitative estimate of drug-likeness (QED) is 0.0969. The first kappa shape index (κ1) is 75.4. The summed E-state index contributed by atoms with van der Waals surface area (Å²) in [5, 5.41) is 15.3. The minimum Gasteiger partial charge on any atom is -0.770 e. The molecule has 2 aliphatic rings. The second kappa shape index (κ2) is 55.1. The van der Waals surface area contributed by atoms with Crippen molar-refractivity contribution >= 4 is 39.8 Å². The Morgan fingerprint density at radius 1 is 0.879 bits per heavy atom. The molecule has 2 aliphatic carbocycles. The molecule has 2 fully saturated rings. The molecule has 58 heavy (non-hydrogen) atoms. The number of aryl methyl sites for hydroxylation is 1. The van der Waals surface area contributed by atoms with Crippen LogP contribution in [0.15, 0.2) is 36.9 Å². The molecular formula is C45H91N2NaNiO6PS2+2. The molecule has 0 aliphatic heterocycles. The molecule has 13 heteroatoms. The zero-order valence-electron chi connectivity index (χ0n) is 40.3. The molecule has 3 rings (SSSR count). The van der Waals surface area contributed by atoms with Crippen molar-refractivity contribution in [1.29, 1.82) is 0 Å². The zero-order chi connectivity index (χ0) is 45.1. The van der Waals surface area contributed by atoms with Crippen LogP contribution in [0.4, 0.5) is 0 Å². The molecule has 2 N–H and O–H groups in total. The van der Waals surface area contributed by atoms with Crippen molar-refractivity contribution in [2.75, 3.05) is 53.7 Å². The van der Waals surface area contributed by atoms with E-state index in [4.69, 9.17) is 10.2 Å². The summed E-state index contributed by atoms with van der Waals surface area (Å²) in [6, 6.07) is 8.82. The maximum absolute atomic E-state index is 9.45. The van der Waals surface area contributed by atoms with E-state index in [1.807, 2.05) is 41.5 Å². The van der Waals surface area contributed by atoms with E-state index in [9.17, 15) is 18.4 Å². The molecule has 1 radical (unpaired) electrons. The Kier molecular flexibility index (Phi) is 71.7. The van der Waals surface area contributed by atoms with Crippen molar-refractivity contribution in [3.63, 3.8) is 0 Å². The number of likely N-dealkylation sites (N-methyl/N-ethyl adjacent to an activating group) is 2. The van der Waals surface area contributed by atoms with Crippen molar-refractivity contribution < 1.29 is 74.6 Å². The predicted molar refractivity (Wildman–Crippen MR) is 255 cm³/mol. The summed E-state index contributed by atoms with van der Waals surface area (Å²) in [5.74, 6) is -1.13. The van der Waals surface area contributed by atoms with Crippen molar-refractivity contribution in [2.24, 2.45) is 0 Å². The van der Waals surface area contributed by atoms with Gasteiger partial charge in [-0.05, 0) is 116 Å². The van der Waals surface area contributed by atoms with Gasteiger partial charge in [-0.2, -0.15) is 0 Å². The van der Waals surface area contributed by atoms with E-state index in [0.717, 1.165) is 25.4 Å². The van der Waals surface area contributed by atoms with Gasteiger partial charge in [0.15, 0.2) is 0 Å². The van der Waals surface area contributed by atoms with Gasteiger partial charge in [0.25, 0.3) is 5.97 Å². The van der Waals surface area contributed by atoms with Gasteiger partial charge in [0, 0.05) is 25.4 Å². The Morgan fingerprint density at radius 3 is 1.38 bits per heavy atom. The smallest absolute Gasteiger partial charge is 0.770 e. The molecule has 0 heterocycles. The standard InChI is InChI=1S/C15H29P.C11H16.C6H16N2.C3H5O2.C3H4O2.3C2H6.CH4O2S2.Na.Ni/c1-2-13-16(14-9-5-3-6-10-14)15-11-7-4-8-12-15;1-4-10(3)11-7-5-9(2)6-8-11;1-7(2)5-6-8(3)4;2*1-2-3(4)5;3*1-2;1-5(2,3)4;;/h14-15H,2-13H2,1H3;5-8,10H,4H2,1-3H3;5-6H2,1-4H3;1-2H2,(H,4,5);2H,1H2,(H,4,5);3*1-2H3;1H3,(H,2,3,4);;/q;;;-1;;;;;;+1;+3/p-1. The van der Waals surface area contributed by atoms with Gasteiger partial charge < -0.3 is 31.5 Å². The average molecular weight is 933 g/mol. The van der Waals surface area contributed by atoms with Crippen LogP contribution in [0.1, 0.15) is 163 Å². The van der Waals surface area contributed by atoms with Gasteiger partial charge in [0.1, 0.15) is 0 Å². The van der Waals surface area contributed by atoms with Crippen molar-refractivity contribution in [2.45, 2.75) is 170 Å². The molecule has 0 saturated heterocycles. The van der Waals surface area contributed by atoms with Crippen LogP contribution in [0.25, 0.3) is 0 Å². The third kappa shape index (κ3) is 62.7. The molecule has 343 valence electrons. The topological polar surface area (TPSA) is 121 Å². The van der Waals surface area contributed by atoms with Crippen LogP contribution in [0.5, 0.6) is 0 Å². The van der Waals surface area contributed by atoms with Gasteiger partial charge >= 0.3 is 52.0 Å². The van der Waals surface area contributed by atoms with Gasteiger partial charge in [-0.1, -0.05) is 150 Å². The van der Waals surface area contributed by atoms with Crippen LogP contribution < -0.4 is 29.6 Å². The number of benzene rings is 1. The van der Waals surface area contributed by atoms with E-state index >= 15 is 0 Å². The summed E-state index contributed by atoms with van der Waals surface area (Å²) in [4.78, 5) is 22.9. The van der Waals surface area contributed by atoms with E-state index in [1.54, 1.807) is 57.5 Å². The van der Waals surface area contributed by atoms with Crippen LogP contribution >= 0.6 is 7.92 Å². The fraction of sp³-hybridized carbons (Fsp3) is 0.756. The molecule has 0 amide bonds. The number of rotatable bonds is 11. The largest absolute Gasteiger partial charge is 3.00 e. The molecule has 2 unspecified atom stereocenters. The minimum absolute atomic E-state index is 0. The molecule has 1 aromatic carbocycles. The third-order valence-electron chi connectivity index (χ3n) is 8.21. The minimum atomic E-state index is -3.08. The first-order valence-electron chi connectivity index (χ1n) is 21.2. The van der Waals surface area contributed by atoms with Crippen LogP contribution in [-0.4, -0.2) is 106 Å². The fourth-order valence-electron chi connectivity index (χ4n) is 5.28. The number of carboxylic acids is 2. The van der Waals surface area contributed by atoms with Gasteiger partial charge in [-0.3, -0.25) is 9.00 Å². The number of hydrogen-bond donors (Lipinski definition) is 2. The summed E-state index contributed by atoms with van der Waals surface area (Å²) in [6.45, 7) is 29.4. The fourth-order valence-corrected chi connectivity index (χ4v) is 9.18. The van der Waals surface area contributed by atoms with Crippen molar-refractivity contribution in [1.82, 2.24) is 9.80 Å². The Morgan fingerprint density at radius 2 is 1.17 bits per heavy atom. The number of hydrogen-bond acceptors (Lipinski definition) is 7. The van der Waals surface area contributed by atoms with Gasteiger partial charge in [0.2, 0.25) is 0 Å². The molecule has 0 aromatic heterocycles. The van der Waals surface area contributed by atoms with Crippen LogP contribution in [0.2, 0.25) is 0 Å². The van der Waals surface area contributed by atoms with Gasteiger partial charge in [0.05, 0.1) is 0 Å². The molecule has 2 saturated carbocycles. The Bertz CT molecular complexity index is 1060. The second-order valence-corrected chi connectivity index (χ2v) is 19.7. The van der Waals surface area contributed by atoms with Crippen LogP contribution in [0, 0.1) is 13.8 Å². The van der Waals surface area contributed by atoms with E-state index in [1.165, 1.54) is 48.1 Å². The molecule has 0 spiro atoms. The zero-order valence-corrected chi connectivity index (χ0v) is 45.9. The monoisotopic (exact) mass is 932 g/mol. The molecule has 2 atom stereocenters. The summed E-state index contributed by atoms with van der Waals surface area (Å²) in [5.41, 5.74) is 5.15. The van der Waals surface area contributed by atoms with Crippen molar-refractivity contribution in [3.05, 3.63) is 55.0 Å². The third-order valence-corrected chi connectivity index (χ3v) is 12.1. The van der Waals surface area contributed by atoms with E-state index in [0.29, 0.717) is 13.8 Å².